The molecule has 2 nitrogen and oxygen atoms in total. The lowest BCUT2D eigenvalue weighted by molar-refractivity contribution is 0.483. The molecule has 0 unspecified atom stereocenters. The van der Waals surface area contributed by atoms with Gasteiger partial charge in [0, 0.05) is 16.8 Å². The molecule has 0 fully saturated rings. The Bertz CT molecular complexity index is 557. The molecule has 0 heterocycles. The Balaban J connectivity index is 2.34. The average molecular weight is 289 g/mol. The molecule has 0 aliphatic rings. The summed E-state index contributed by atoms with van der Waals surface area (Å²) in [6.45, 7) is 0. The fourth-order valence-corrected chi connectivity index (χ4v) is 1.82. The third-order valence-electron chi connectivity index (χ3n) is 2.07. The Hall–Kier alpha value is -1.09. The van der Waals surface area contributed by atoms with Crippen molar-refractivity contribution in [3.05, 3.63) is 51.5 Å². The van der Waals surface area contributed by atoms with Gasteiger partial charge in [0.05, 0.1) is 10.0 Å². The van der Waals surface area contributed by atoms with Crippen LogP contribution in [0.3, 0.4) is 0 Å². The van der Waals surface area contributed by atoms with Crippen molar-refractivity contribution in [3.8, 4) is 11.5 Å². The second-order valence-electron chi connectivity index (χ2n) is 3.37. The van der Waals surface area contributed by atoms with Gasteiger partial charge < -0.3 is 10.5 Å². The molecule has 17 heavy (non-hydrogen) atoms. The van der Waals surface area contributed by atoms with Gasteiger partial charge in [0.2, 0.25) is 0 Å². The smallest absolute Gasteiger partial charge is 0.147 e. The van der Waals surface area contributed by atoms with Gasteiger partial charge in [-0.25, -0.2) is 0 Å². The van der Waals surface area contributed by atoms with E-state index in [1.54, 1.807) is 36.4 Å². The van der Waals surface area contributed by atoms with Crippen LogP contribution in [0.4, 0.5) is 5.69 Å². The van der Waals surface area contributed by atoms with E-state index in [4.69, 9.17) is 45.3 Å². The lowest BCUT2D eigenvalue weighted by Gasteiger charge is -2.09. The Morgan fingerprint density at radius 1 is 0.824 bits per heavy atom. The molecule has 0 radical (unpaired) electrons. The zero-order chi connectivity index (χ0) is 12.4. The summed E-state index contributed by atoms with van der Waals surface area (Å²) in [6.07, 6.45) is 0. The van der Waals surface area contributed by atoms with Crippen LogP contribution in [0.25, 0.3) is 0 Å². The summed E-state index contributed by atoms with van der Waals surface area (Å²) in [6, 6.07) is 9.94. The minimum atomic E-state index is 0.418. The standard InChI is InChI=1S/C12H8Cl3NO/c13-7-1-3-9(14)12(5-7)17-11-4-2-8(16)6-10(11)15/h1-6H,16H2. The maximum atomic E-state index is 5.99. The van der Waals surface area contributed by atoms with Crippen LogP contribution < -0.4 is 10.5 Å². The number of halogens is 3. The van der Waals surface area contributed by atoms with Gasteiger partial charge in [-0.15, -0.1) is 0 Å². The first-order valence-electron chi connectivity index (χ1n) is 4.74. The maximum absolute atomic E-state index is 5.99. The van der Waals surface area contributed by atoms with Gasteiger partial charge in [-0.05, 0) is 30.3 Å². The fourth-order valence-electron chi connectivity index (χ4n) is 1.27. The van der Waals surface area contributed by atoms with Crippen LogP contribution in [-0.2, 0) is 0 Å². The van der Waals surface area contributed by atoms with Crippen molar-refractivity contribution in [2.45, 2.75) is 0 Å². The van der Waals surface area contributed by atoms with E-state index in [1.165, 1.54) is 0 Å². The molecule has 0 amide bonds. The Morgan fingerprint density at radius 2 is 1.59 bits per heavy atom. The Morgan fingerprint density at radius 3 is 2.29 bits per heavy atom. The van der Waals surface area contributed by atoms with E-state index in [-0.39, 0.29) is 0 Å². The molecule has 5 heteroatoms. The van der Waals surface area contributed by atoms with Crippen LogP contribution in [0.2, 0.25) is 15.1 Å². The van der Waals surface area contributed by atoms with Crippen molar-refractivity contribution in [1.29, 1.82) is 0 Å². The van der Waals surface area contributed by atoms with Crippen LogP contribution in [0.5, 0.6) is 11.5 Å². The molecule has 0 aromatic heterocycles. The minimum absolute atomic E-state index is 0.418. The molecular formula is C12H8Cl3NO. The molecule has 2 rings (SSSR count). The van der Waals surface area contributed by atoms with Crippen LogP contribution >= 0.6 is 34.8 Å². The van der Waals surface area contributed by atoms with Gasteiger partial charge in [-0.3, -0.25) is 0 Å². The zero-order valence-corrected chi connectivity index (χ0v) is 10.9. The summed E-state index contributed by atoms with van der Waals surface area (Å²) >= 11 is 17.8. The molecule has 88 valence electrons. The fraction of sp³-hybridized carbons (Fsp3) is 0. The Labute approximate surface area is 114 Å². The lowest BCUT2D eigenvalue weighted by atomic mass is 10.3. The van der Waals surface area contributed by atoms with E-state index in [0.29, 0.717) is 32.3 Å². The van der Waals surface area contributed by atoms with E-state index >= 15 is 0 Å². The van der Waals surface area contributed by atoms with Crippen LogP contribution in [0.15, 0.2) is 36.4 Å². The molecule has 0 aliphatic heterocycles. The van der Waals surface area contributed by atoms with E-state index in [9.17, 15) is 0 Å². The largest absolute Gasteiger partial charge is 0.454 e. The molecule has 0 saturated carbocycles. The van der Waals surface area contributed by atoms with Crippen molar-refractivity contribution in [1.82, 2.24) is 0 Å². The number of rotatable bonds is 2. The van der Waals surface area contributed by atoms with Gasteiger partial charge in [0.15, 0.2) is 0 Å². The molecule has 0 saturated heterocycles. The van der Waals surface area contributed by atoms with Gasteiger partial charge in [0.1, 0.15) is 11.5 Å². The number of anilines is 1. The molecule has 0 aliphatic carbocycles. The first-order chi connectivity index (χ1) is 8.06. The summed E-state index contributed by atoms with van der Waals surface area (Å²) in [5.41, 5.74) is 6.16. The first-order valence-corrected chi connectivity index (χ1v) is 5.87. The number of hydrogen-bond donors (Lipinski definition) is 1. The highest BCUT2D eigenvalue weighted by Crippen LogP contribution is 2.35. The number of ether oxygens (including phenoxy) is 1. The second kappa shape index (κ2) is 5.05. The highest BCUT2D eigenvalue weighted by molar-refractivity contribution is 6.34. The van der Waals surface area contributed by atoms with Crippen LogP contribution in [-0.4, -0.2) is 0 Å². The SMILES string of the molecule is Nc1ccc(Oc2cc(Cl)ccc2Cl)c(Cl)c1. The van der Waals surface area contributed by atoms with Crippen molar-refractivity contribution in [2.24, 2.45) is 0 Å². The summed E-state index contributed by atoms with van der Waals surface area (Å²) < 4.78 is 5.57. The summed E-state index contributed by atoms with van der Waals surface area (Å²) in [4.78, 5) is 0. The lowest BCUT2D eigenvalue weighted by Crippen LogP contribution is -1.89. The number of nitrogens with two attached hydrogens (primary N) is 1. The van der Waals surface area contributed by atoms with Crippen molar-refractivity contribution >= 4 is 40.5 Å². The first kappa shape index (κ1) is 12.4. The molecular weight excluding hydrogens is 280 g/mol. The number of benzene rings is 2. The van der Waals surface area contributed by atoms with Gasteiger partial charge in [0.25, 0.3) is 0 Å². The predicted octanol–water partition coefficient (Wildman–Crippen LogP) is 5.02. The van der Waals surface area contributed by atoms with Crippen molar-refractivity contribution in [2.75, 3.05) is 5.73 Å². The monoisotopic (exact) mass is 287 g/mol. The van der Waals surface area contributed by atoms with Crippen molar-refractivity contribution < 1.29 is 4.74 Å². The van der Waals surface area contributed by atoms with E-state index in [1.807, 2.05) is 0 Å². The van der Waals surface area contributed by atoms with Crippen molar-refractivity contribution in [3.63, 3.8) is 0 Å². The summed E-state index contributed by atoms with van der Waals surface area (Å²) in [7, 11) is 0. The third kappa shape index (κ3) is 2.97. The predicted molar refractivity (Wildman–Crippen MR) is 72.4 cm³/mol. The molecule has 2 N–H and O–H groups in total. The van der Waals surface area contributed by atoms with Gasteiger partial charge >= 0.3 is 0 Å². The minimum Gasteiger partial charge on any atom is -0.454 e. The molecule has 0 spiro atoms. The number of hydrogen-bond acceptors (Lipinski definition) is 2. The van der Waals surface area contributed by atoms with E-state index < -0.39 is 0 Å². The van der Waals surface area contributed by atoms with E-state index in [2.05, 4.69) is 0 Å². The molecule has 2 aromatic carbocycles. The van der Waals surface area contributed by atoms with E-state index in [0.717, 1.165) is 0 Å². The summed E-state index contributed by atoms with van der Waals surface area (Å²) in [5.74, 6) is 0.927. The van der Waals surface area contributed by atoms with Gasteiger partial charge in [-0.1, -0.05) is 34.8 Å². The van der Waals surface area contributed by atoms with Crippen LogP contribution in [0, 0.1) is 0 Å². The molecule has 2 aromatic rings. The number of nitrogen functional groups attached to an aromatic ring is 1. The second-order valence-corrected chi connectivity index (χ2v) is 4.62. The Kier molecular flexibility index (Phi) is 3.67. The zero-order valence-electron chi connectivity index (χ0n) is 8.58. The highest BCUT2D eigenvalue weighted by Gasteiger charge is 2.07. The average Bonchev–Trinajstić information content (AvgIpc) is 2.27. The van der Waals surface area contributed by atoms with Crippen LogP contribution in [0.1, 0.15) is 0 Å². The normalized spacial score (nSPS) is 10.3. The highest BCUT2D eigenvalue weighted by atomic mass is 35.5. The quantitative estimate of drug-likeness (QED) is 0.787. The molecule has 0 bridgehead atoms. The summed E-state index contributed by atoms with van der Waals surface area (Å²) in [5, 5.41) is 1.42. The molecule has 0 atom stereocenters. The topological polar surface area (TPSA) is 35.2 Å². The maximum Gasteiger partial charge on any atom is 0.147 e. The third-order valence-corrected chi connectivity index (χ3v) is 2.91. The van der Waals surface area contributed by atoms with Gasteiger partial charge in [-0.2, -0.15) is 0 Å².